The van der Waals surface area contributed by atoms with Crippen LogP contribution in [0.1, 0.15) is 0 Å². The Hall–Kier alpha value is -1.09. The van der Waals surface area contributed by atoms with Crippen LogP contribution in [-0.2, 0) is 4.79 Å². The third-order valence-corrected chi connectivity index (χ3v) is 1.19. The smallest absolute Gasteiger partial charge is 0.244 e. The predicted octanol–water partition coefficient (Wildman–Crippen LogP) is -0.282. The minimum absolute atomic E-state index is 0.157. The van der Waals surface area contributed by atoms with Gasteiger partial charge in [-0.1, -0.05) is 24.3 Å². The second-order valence-corrected chi connectivity index (χ2v) is 1.80. The molecule has 0 aromatic carbocycles. The number of hydrogen-bond acceptors (Lipinski definition) is 2. The first-order chi connectivity index (χ1) is 4.34. The van der Waals surface area contributed by atoms with Gasteiger partial charge in [0.25, 0.3) is 0 Å². The van der Waals surface area contributed by atoms with E-state index >= 15 is 0 Å². The van der Waals surface area contributed by atoms with Crippen molar-refractivity contribution in [2.45, 2.75) is 0 Å². The first kappa shape index (κ1) is 6.04. The summed E-state index contributed by atoms with van der Waals surface area (Å²) in [6.45, 7) is 0. The summed E-state index contributed by atoms with van der Waals surface area (Å²) in [6.07, 6.45) is 7.20. The molecular weight excluding hydrogens is 116 g/mol. The quantitative estimate of drug-likeness (QED) is 0.287. The molecule has 9 heavy (non-hydrogen) atoms. The summed E-state index contributed by atoms with van der Waals surface area (Å²) < 4.78 is 0. The summed E-state index contributed by atoms with van der Waals surface area (Å²) in [5.41, 5.74) is 2.07. The van der Waals surface area contributed by atoms with E-state index in [1.54, 1.807) is 12.2 Å². The molecule has 0 fully saturated rings. The van der Waals surface area contributed by atoms with Crippen molar-refractivity contribution in [2.24, 2.45) is 11.8 Å². The molecule has 0 aromatic rings. The Morgan fingerprint density at radius 2 is 2.00 bits per heavy atom. The first-order valence-electron chi connectivity index (χ1n) is 2.70. The van der Waals surface area contributed by atoms with Crippen LogP contribution < -0.4 is 11.3 Å². The van der Waals surface area contributed by atoms with Gasteiger partial charge in [-0.05, 0) is 0 Å². The molecule has 0 heterocycles. The molecule has 0 spiro atoms. The Labute approximate surface area is 53.2 Å². The fraction of sp³-hybridized carbons (Fsp3) is 0.167. The van der Waals surface area contributed by atoms with Gasteiger partial charge >= 0.3 is 0 Å². The van der Waals surface area contributed by atoms with Crippen LogP contribution in [-0.4, -0.2) is 5.91 Å². The number of rotatable bonds is 1. The number of nitrogens with two attached hydrogens (primary N) is 1. The highest BCUT2D eigenvalue weighted by molar-refractivity contribution is 5.82. The largest absolute Gasteiger partial charge is 0.293 e. The lowest BCUT2D eigenvalue weighted by molar-refractivity contribution is -0.122. The van der Waals surface area contributed by atoms with E-state index in [1.165, 1.54) is 0 Å². The van der Waals surface area contributed by atoms with E-state index in [-0.39, 0.29) is 11.8 Å². The van der Waals surface area contributed by atoms with Gasteiger partial charge < -0.3 is 0 Å². The Kier molecular flexibility index (Phi) is 1.65. The Morgan fingerprint density at radius 1 is 1.44 bits per heavy atom. The SMILES string of the molecule is NNC(=O)C1C=CC=C1. The fourth-order valence-electron chi connectivity index (χ4n) is 0.703. The van der Waals surface area contributed by atoms with E-state index in [1.807, 2.05) is 12.2 Å². The van der Waals surface area contributed by atoms with E-state index < -0.39 is 0 Å². The van der Waals surface area contributed by atoms with Gasteiger partial charge in [-0.3, -0.25) is 10.2 Å². The molecule has 3 nitrogen and oxygen atoms in total. The monoisotopic (exact) mass is 124 g/mol. The molecule has 0 saturated heterocycles. The average molecular weight is 124 g/mol. The van der Waals surface area contributed by atoms with E-state index in [0.717, 1.165) is 0 Å². The molecule has 1 aliphatic rings. The first-order valence-corrected chi connectivity index (χ1v) is 2.70. The van der Waals surface area contributed by atoms with Gasteiger partial charge in [0.05, 0.1) is 5.92 Å². The van der Waals surface area contributed by atoms with Crippen LogP contribution in [0.15, 0.2) is 24.3 Å². The topological polar surface area (TPSA) is 55.1 Å². The zero-order valence-corrected chi connectivity index (χ0v) is 4.87. The van der Waals surface area contributed by atoms with Crippen LogP contribution >= 0.6 is 0 Å². The number of carbonyl (C=O) groups is 1. The fourth-order valence-corrected chi connectivity index (χ4v) is 0.703. The third kappa shape index (κ3) is 1.17. The summed E-state index contributed by atoms with van der Waals surface area (Å²) in [6, 6.07) is 0. The molecule has 1 aliphatic carbocycles. The molecule has 0 atom stereocenters. The second kappa shape index (κ2) is 2.46. The predicted molar refractivity (Wildman–Crippen MR) is 34.1 cm³/mol. The highest BCUT2D eigenvalue weighted by Crippen LogP contribution is 2.07. The maximum atomic E-state index is 10.7. The summed E-state index contributed by atoms with van der Waals surface area (Å²) in [5, 5.41) is 0. The maximum Gasteiger partial charge on any atom is 0.244 e. The lowest BCUT2D eigenvalue weighted by atomic mass is 10.2. The summed E-state index contributed by atoms with van der Waals surface area (Å²) >= 11 is 0. The molecule has 0 bridgehead atoms. The minimum atomic E-state index is -0.167. The van der Waals surface area contributed by atoms with Crippen molar-refractivity contribution in [3.63, 3.8) is 0 Å². The lowest BCUT2D eigenvalue weighted by Crippen LogP contribution is -2.33. The van der Waals surface area contributed by atoms with Crippen LogP contribution in [0.4, 0.5) is 0 Å². The number of nitrogens with one attached hydrogen (secondary N) is 1. The van der Waals surface area contributed by atoms with Gasteiger partial charge in [0.15, 0.2) is 0 Å². The number of hydrazine groups is 1. The summed E-state index contributed by atoms with van der Waals surface area (Å²) in [5.74, 6) is 4.56. The van der Waals surface area contributed by atoms with Gasteiger partial charge in [0.1, 0.15) is 0 Å². The van der Waals surface area contributed by atoms with Gasteiger partial charge in [-0.15, -0.1) is 0 Å². The molecule has 1 rings (SSSR count). The number of hydrogen-bond donors (Lipinski definition) is 2. The molecular formula is C6H8N2O. The minimum Gasteiger partial charge on any atom is -0.293 e. The zero-order chi connectivity index (χ0) is 6.69. The normalized spacial score (nSPS) is 16.6. The van der Waals surface area contributed by atoms with Crippen LogP contribution in [0.5, 0.6) is 0 Å². The van der Waals surface area contributed by atoms with Crippen molar-refractivity contribution in [1.82, 2.24) is 5.43 Å². The molecule has 0 radical (unpaired) electrons. The second-order valence-electron chi connectivity index (χ2n) is 1.80. The molecule has 0 unspecified atom stereocenters. The number of amides is 1. The van der Waals surface area contributed by atoms with E-state index in [0.29, 0.717) is 0 Å². The van der Waals surface area contributed by atoms with Crippen molar-refractivity contribution in [1.29, 1.82) is 0 Å². The van der Waals surface area contributed by atoms with Gasteiger partial charge in [0, 0.05) is 0 Å². The van der Waals surface area contributed by atoms with E-state index in [4.69, 9.17) is 5.84 Å². The average Bonchev–Trinajstić information content (AvgIpc) is 2.37. The summed E-state index contributed by atoms with van der Waals surface area (Å²) in [7, 11) is 0. The Balaban J connectivity index is 2.53. The zero-order valence-electron chi connectivity index (χ0n) is 4.87. The van der Waals surface area contributed by atoms with Crippen molar-refractivity contribution < 1.29 is 4.79 Å². The highest BCUT2D eigenvalue weighted by Gasteiger charge is 2.11. The van der Waals surface area contributed by atoms with Gasteiger partial charge in [-0.25, -0.2) is 5.84 Å². The number of carbonyl (C=O) groups excluding carboxylic acids is 1. The molecule has 0 saturated carbocycles. The lowest BCUT2D eigenvalue weighted by Gasteiger charge is -2.00. The molecule has 1 amide bonds. The van der Waals surface area contributed by atoms with Crippen LogP contribution in [0, 0.1) is 5.92 Å². The van der Waals surface area contributed by atoms with Crippen LogP contribution in [0.25, 0.3) is 0 Å². The number of allylic oxidation sites excluding steroid dienone is 2. The molecule has 3 heteroatoms. The van der Waals surface area contributed by atoms with Crippen molar-refractivity contribution in [2.75, 3.05) is 0 Å². The molecule has 3 N–H and O–H groups in total. The van der Waals surface area contributed by atoms with E-state index in [9.17, 15) is 4.79 Å². The Bertz CT molecular complexity index is 160. The van der Waals surface area contributed by atoms with Crippen molar-refractivity contribution >= 4 is 5.91 Å². The molecule has 0 aromatic heterocycles. The standard InChI is InChI=1S/C6H8N2O/c7-8-6(9)5-3-1-2-4-5/h1-5H,7H2,(H,8,9). The van der Waals surface area contributed by atoms with Crippen molar-refractivity contribution in [3.8, 4) is 0 Å². The molecule has 0 aliphatic heterocycles. The van der Waals surface area contributed by atoms with Gasteiger partial charge in [-0.2, -0.15) is 0 Å². The maximum absolute atomic E-state index is 10.7. The summed E-state index contributed by atoms with van der Waals surface area (Å²) in [4.78, 5) is 10.7. The Morgan fingerprint density at radius 3 is 2.44 bits per heavy atom. The van der Waals surface area contributed by atoms with Crippen molar-refractivity contribution in [3.05, 3.63) is 24.3 Å². The van der Waals surface area contributed by atoms with Crippen LogP contribution in [0.3, 0.4) is 0 Å². The third-order valence-electron chi connectivity index (χ3n) is 1.19. The molecule has 48 valence electrons. The van der Waals surface area contributed by atoms with Crippen LogP contribution in [0.2, 0.25) is 0 Å². The van der Waals surface area contributed by atoms with E-state index in [2.05, 4.69) is 5.43 Å². The van der Waals surface area contributed by atoms with Gasteiger partial charge in [0.2, 0.25) is 5.91 Å². The highest BCUT2D eigenvalue weighted by atomic mass is 16.2.